The van der Waals surface area contributed by atoms with Crippen LogP contribution in [0.5, 0.6) is 0 Å². The van der Waals surface area contributed by atoms with Crippen molar-refractivity contribution < 1.29 is 37.1 Å². The molecule has 2 heterocycles. The summed E-state index contributed by atoms with van der Waals surface area (Å²) in [6, 6.07) is 9.59. The lowest BCUT2D eigenvalue weighted by atomic mass is 9.91. The topological polar surface area (TPSA) is 127 Å². The lowest BCUT2D eigenvalue weighted by Crippen LogP contribution is -2.53. The smallest absolute Gasteiger partial charge is 0.257 e. The maximum atomic E-state index is 14.7. The normalized spacial score (nSPS) is 20.4. The largest absolute Gasteiger partial charge is 0.383 e. The molecule has 1 aliphatic carbocycles. The molecule has 234 valence electrons. The van der Waals surface area contributed by atoms with E-state index in [0.717, 1.165) is 21.9 Å². The third-order valence-corrected chi connectivity index (χ3v) is 8.10. The molecule has 0 radical (unpaired) electrons. The lowest BCUT2D eigenvalue weighted by Gasteiger charge is -2.37. The van der Waals surface area contributed by atoms with Crippen molar-refractivity contribution in [1.29, 1.82) is 5.26 Å². The van der Waals surface area contributed by atoms with Gasteiger partial charge < -0.3 is 10.4 Å². The van der Waals surface area contributed by atoms with Gasteiger partial charge in [-0.15, -0.1) is 0 Å². The van der Waals surface area contributed by atoms with E-state index in [2.05, 4.69) is 10.3 Å². The van der Waals surface area contributed by atoms with E-state index < -0.39 is 78.8 Å². The average molecular weight is 624 g/mol. The molecular weight excluding hydrogens is 594 g/mol. The molecule has 45 heavy (non-hydrogen) atoms. The molecular formula is C32H29F4N5O4. The summed E-state index contributed by atoms with van der Waals surface area (Å²) < 4.78 is 57.1. The summed E-state index contributed by atoms with van der Waals surface area (Å²) in [7, 11) is 0. The number of amides is 3. The number of aliphatic hydroxyl groups excluding tert-OH is 1. The molecule has 0 spiro atoms. The van der Waals surface area contributed by atoms with E-state index >= 15 is 0 Å². The van der Waals surface area contributed by atoms with Crippen molar-refractivity contribution in [3.63, 3.8) is 0 Å². The average Bonchev–Trinajstić information content (AvgIpc) is 3.30. The number of aliphatic hydroxyl groups is 1. The van der Waals surface area contributed by atoms with Gasteiger partial charge in [0, 0.05) is 37.6 Å². The number of anilines is 2. The predicted molar refractivity (Wildman–Crippen MR) is 154 cm³/mol. The number of nitriles is 1. The van der Waals surface area contributed by atoms with Crippen molar-refractivity contribution in [1.82, 2.24) is 10.3 Å². The summed E-state index contributed by atoms with van der Waals surface area (Å²) >= 11 is 0. The zero-order valence-corrected chi connectivity index (χ0v) is 24.1. The maximum Gasteiger partial charge on any atom is 0.257 e. The van der Waals surface area contributed by atoms with Crippen LogP contribution in [0.1, 0.15) is 54.8 Å². The first-order valence-corrected chi connectivity index (χ1v) is 14.3. The summed E-state index contributed by atoms with van der Waals surface area (Å²) in [6.45, 7) is 1.66. The number of halogens is 4. The van der Waals surface area contributed by atoms with Crippen molar-refractivity contribution >= 4 is 29.2 Å². The van der Waals surface area contributed by atoms with E-state index in [1.54, 1.807) is 31.2 Å². The van der Waals surface area contributed by atoms with Gasteiger partial charge >= 0.3 is 0 Å². The van der Waals surface area contributed by atoms with Gasteiger partial charge in [-0.2, -0.15) is 5.26 Å². The highest BCUT2D eigenvalue weighted by atomic mass is 19.3. The number of nitrogens with zero attached hydrogens (tertiary/aromatic N) is 4. The number of benzene rings is 2. The number of hydrogen-bond acceptors (Lipinski definition) is 6. The number of rotatable bonds is 7. The number of carbonyl (C=O) groups excluding carboxylic acids is 3. The quantitative estimate of drug-likeness (QED) is 0.374. The molecule has 2 aromatic carbocycles. The Hall–Kier alpha value is -4.83. The van der Waals surface area contributed by atoms with Crippen molar-refractivity contribution in [2.75, 3.05) is 9.80 Å². The van der Waals surface area contributed by atoms with Crippen LogP contribution in [0.3, 0.4) is 0 Å². The Morgan fingerprint density at radius 3 is 2.42 bits per heavy atom. The Morgan fingerprint density at radius 1 is 1.11 bits per heavy atom. The highest BCUT2D eigenvalue weighted by molar-refractivity contribution is 6.12. The molecule has 2 fully saturated rings. The van der Waals surface area contributed by atoms with Gasteiger partial charge in [0.15, 0.2) is 0 Å². The molecule has 1 aromatic heterocycles. The minimum atomic E-state index is -2.87. The van der Waals surface area contributed by atoms with Crippen molar-refractivity contribution in [3.05, 3.63) is 89.1 Å². The highest BCUT2D eigenvalue weighted by Gasteiger charge is 2.48. The second kappa shape index (κ2) is 12.6. The van der Waals surface area contributed by atoms with Crippen molar-refractivity contribution in [2.45, 2.75) is 69.2 Å². The fraction of sp³-hybridized carbons (Fsp3) is 0.344. The molecule has 2 N–H and O–H groups in total. The van der Waals surface area contributed by atoms with E-state index in [4.69, 9.17) is 0 Å². The predicted octanol–water partition coefficient (Wildman–Crippen LogP) is 4.47. The van der Waals surface area contributed by atoms with Gasteiger partial charge in [0.25, 0.3) is 11.8 Å². The third-order valence-electron chi connectivity index (χ3n) is 8.10. The van der Waals surface area contributed by atoms with Crippen molar-refractivity contribution in [2.24, 2.45) is 0 Å². The summed E-state index contributed by atoms with van der Waals surface area (Å²) in [5, 5.41) is 22.7. The van der Waals surface area contributed by atoms with Crippen LogP contribution in [-0.4, -0.2) is 51.9 Å². The maximum absolute atomic E-state index is 14.7. The first kappa shape index (κ1) is 31.6. The summed E-state index contributed by atoms with van der Waals surface area (Å²) in [4.78, 5) is 47.8. The standard InChI is InChI=1S/C32H29F4N5O4/c1-18-4-2-3-5-24(18)28(29(43)39-22-6-9-32(35,36)10-7-22)40(23-14-20(33)13-21(34)15-23)30(44)25-16-26(42)31(45)41(25)27-12-19(17-37)8-11-38-27/h2-5,8,11-15,22,25-26,28,42H,6-7,9-10,16H2,1H3,(H,39,43)/t25-,26-,28-/m0/s1. The van der Waals surface area contributed by atoms with Gasteiger partial charge in [-0.05, 0) is 55.2 Å². The van der Waals surface area contributed by atoms with E-state index in [0.29, 0.717) is 11.6 Å². The Bertz CT molecular complexity index is 1650. The molecule has 3 amide bonds. The molecule has 0 bridgehead atoms. The molecule has 1 aliphatic heterocycles. The number of aryl methyl sites for hydroxylation is 1. The van der Waals surface area contributed by atoms with E-state index in [-0.39, 0.29) is 35.5 Å². The number of pyridine rings is 1. The highest BCUT2D eigenvalue weighted by Crippen LogP contribution is 2.37. The van der Waals surface area contributed by atoms with E-state index in [1.807, 2.05) is 6.07 Å². The van der Waals surface area contributed by atoms with Gasteiger partial charge in [0.1, 0.15) is 35.6 Å². The molecule has 9 nitrogen and oxygen atoms in total. The second-order valence-electron chi connectivity index (χ2n) is 11.2. The first-order chi connectivity index (χ1) is 21.4. The van der Waals surface area contributed by atoms with E-state index in [1.165, 1.54) is 18.3 Å². The number of nitrogens with one attached hydrogen (secondary N) is 1. The van der Waals surface area contributed by atoms with Gasteiger partial charge in [-0.3, -0.25) is 24.2 Å². The van der Waals surface area contributed by atoms with Crippen LogP contribution < -0.4 is 15.1 Å². The lowest BCUT2D eigenvalue weighted by molar-refractivity contribution is -0.128. The summed E-state index contributed by atoms with van der Waals surface area (Å²) in [6.07, 6.45) is -1.83. The number of aromatic nitrogens is 1. The number of hydrogen-bond donors (Lipinski definition) is 2. The summed E-state index contributed by atoms with van der Waals surface area (Å²) in [5.41, 5.74) is 0.559. The molecule has 5 rings (SSSR count). The minimum absolute atomic E-state index is 0.0280. The van der Waals surface area contributed by atoms with Crippen LogP contribution >= 0.6 is 0 Å². The zero-order valence-electron chi connectivity index (χ0n) is 24.1. The molecule has 3 aromatic rings. The number of alkyl halides is 2. The Morgan fingerprint density at radius 2 is 1.78 bits per heavy atom. The van der Waals surface area contributed by atoms with Gasteiger partial charge in [-0.1, -0.05) is 24.3 Å². The minimum Gasteiger partial charge on any atom is -0.383 e. The van der Waals surface area contributed by atoms with Crippen LogP contribution in [0.15, 0.2) is 60.8 Å². The fourth-order valence-corrected chi connectivity index (χ4v) is 5.83. The van der Waals surface area contributed by atoms with Crippen molar-refractivity contribution in [3.8, 4) is 6.07 Å². The first-order valence-electron chi connectivity index (χ1n) is 14.3. The second-order valence-corrected chi connectivity index (χ2v) is 11.2. The molecule has 2 aliphatic rings. The molecule has 13 heteroatoms. The fourth-order valence-electron chi connectivity index (χ4n) is 5.83. The van der Waals surface area contributed by atoms with Crippen LogP contribution in [0.2, 0.25) is 0 Å². The molecule has 0 unspecified atom stereocenters. The monoisotopic (exact) mass is 623 g/mol. The van der Waals surface area contributed by atoms with Crippen LogP contribution in [-0.2, 0) is 14.4 Å². The summed E-state index contributed by atoms with van der Waals surface area (Å²) in [5.74, 6) is -7.77. The Kier molecular flexibility index (Phi) is 8.88. The molecule has 1 saturated heterocycles. The van der Waals surface area contributed by atoms with Gasteiger partial charge in [0.05, 0.1) is 17.3 Å². The third kappa shape index (κ3) is 6.66. The zero-order chi connectivity index (χ0) is 32.5. The Balaban J connectivity index is 1.63. The van der Waals surface area contributed by atoms with Crippen LogP contribution in [0.4, 0.5) is 29.1 Å². The molecule has 1 saturated carbocycles. The van der Waals surface area contributed by atoms with Gasteiger partial charge in [0.2, 0.25) is 11.8 Å². The number of carbonyl (C=O) groups is 3. The van der Waals surface area contributed by atoms with Crippen LogP contribution in [0.25, 0.3) is 0 Å². The Labute approximate surface area is 256 Å². The van der Waals surface area contributed by atoms with Gasteiger partial charge in [-0.25, -0.2) is 22.5 Å². The van der Waals surface area contributed by atoms with Crippen LogP contribution in [0, 0.1) is 29.9 Å². The van der Waals surface area contributed by atoms with E-state index in [9.17, 15) is 42.3 Å². The molecule has 3 atom stereocenters. The SMILES string of the molecule is Cc1ccccc1[C@@H](C(=O)NC1CCC(F)(F)CC1)N(C(=O)[C@@H]1C[C@H](O)C(=O)N1c1cc(C#N)ccn1)c1cc(F)cc(F)c1.